The first-order chi connectivity index (χ1) is 9.83. The minimum atomic E-state index is -4.19. The highest BCUT2D eigenvalue weighted by molar-refractivity contribution is 7.93. The summed E-state index contributed by atoms with van der Waals surface area (Å²) >= 11 is 1.01. The zero-order chi connectivity index (χ0) is 15.6. The molecule has 0 saturated heterocycles. The molecule has 0 amide bonds. The summed E-state index contributed by atoms with van der Waals surface area (Å²) in [5.41, 5.74) is -0.271. The van der Waals surface area contributed by atoms with Crippen LogP contribution in [0.15, 0.2) is 23.1 Å². The third-order valence-corrected chi connectivity index (χ3v) is 4.65. The first-order valence-electron chi connectivity index (χ1n) is 5.54. The maximum absolute atomic E-state index is 13.3. The van der Waals surface area contributed by atoms with Gasteiger partial charge in [0, 0.05) is 0 Å². The lowest BCUT2D eigenvalue weighted by Gasteiger charge is -2.09. The van der Waals surface area contributed by atoms with Crippen LogP contribution in [0.4, 0.5) is 9.52 Å². The molecule has 0 fully saturated rings. The van der Waals surface area contributed by atoms with Crippen molar-refractivity contribution in [3.63, 3.8) is 0 Å². The highest BCUT2D eigenvalue weighted by atomic mass is 32.2. The second-order valence-electron chi connectivity index (χ2n) is 3.86. The first-order valence-corrected chi connectivity index (χ1v) is 7.84. The van der Waals surface area contributed by atoms with E-state index in [1.807, 2.05) is 0 Å². The summed E-state index contributed by atoms with van der Waals surface area (Å²) in [5, 5.41) is 7.85. The molecule has 0 aliphatic rings. The average molecular weight is 331 g/mol. The number of nitrogens with zero attached hydrogens (tertiary/aromatic N) is 2. The van der Waals surface area contributed by atoms with Crippen molar-refractivity contribution >= 4 is 32.5 Å². The number of anilines is 1. The van der Waals surface area contributed by atoms with Crippen LogP contribution in [0.1, 0.15) is 15.4 Å². The average Bonchev–Trinajstić information content (AvgIpc) is 2.82. The Hall–Kier alpha value is -2.07. The van der Waals surface area contributed by atoms with Gasteiger partial charge in [-0.1, -0.05) is 11.3 Å². The minimum Gasteiger partial charge on any atom is -0.465 e. The molecule has 0 aliphatic carbocycles. The molecule has 2 aromatic rings. The molecule has 2 rings (SSSR count). The number of esters is 1. The van der Waals surface area contributed by atoms with Crippen molar-refractivity contribution < 1.29 is 22.3 Å². The molecular formula is C11H10FN3O4S2. The molecule has 0 radical (unpaired) electrons. The number of rotatable bonds is 4. The van der Waals surface area contributed by atoms with E-state index in [1.54, 1.807) is 6.92 Å². The second kappa shape index (κ2) is 5.74. The summed E-state index contributed by atoms with van der Waals surface area (Å²) < 4.78 is 44.5. The van der Waals surface area contributed by atoms with Gasteiger partial charge >= 0.3 is 5.97 Å². The Labute approximate surface area is 123 Å². The number of carbonyl (C=O) groups excluding carboxylic acids is 1. The predicted molar refractivity (Wildman–Crippen MR) is 73.2 cm³/mol. The molecule has 1 N–H and O–H groups in total. The van der Waals surface area contributed by atoms with E-state index in [9.17, 15) is 17.6 Å². The van der Waals surface area contributed by atoms with Crippen molar-refractivity contribution in [3.8, 4) is 0 Å². The molecule has 1 aromatic heterocycles. The molecule has 1 aromatic carbocycles. The fraction of sp³-hybridized carbons (Fsp3) is 0.182. The third-order valence-electron chi connectivity index (χ3n) is 2.39. The Balaban J connectivity index is 2.48. The van der Waals surface area contributed by atoms with E-state index in [0.29, 0.717) is 5.01 Å². The minimum absolute atomic E-state index is 0.0209. The summed E-state index contributed by atoms with van der Waals surface area (Å²) in [5.74, 6) is -1.68. The zero-order valence-electron chi connectivity index (χ0n) is 11.0. The van der Waals surface area contributed by atoms with Crippen LogP contribution in [0, 0.1) is 12.7 Å². The van der Waals surface area contributed by atoms with Crippen LogP contribution >= 0.6 is 11.3 Å². The van der Waals surface area contributed by atoms with E-state index < -0.39 is 26.7 Å². The van der Waals surface area contributed by atoms with Gasteiger partial charge in [0.05, 0.1) is 12.7 Å². The summed E-state index contributed by atoms with van der Waals surface area (Å²) in [7, 11) is -3.09. The molecule has 1 heterocycles. The molecule has 0 bridgehead atoms. The first kappa shape index (κ1) is 15.3. The maximum Gasteiger partial charge on any atom is 0.339 e. The normalized spacial score (nSPS) is 11.2. The van der Waals surface area contributed by atoms with Crippen LogP contribution in [-0.2, 0) is 14.8 Å². The number of sulfonamides is 1. The van der Waals surface area contributed by atoms with Gasteiger partial charge < -0.3 is 4.74 Å². The summed E-state index contributed by atoms with van der Waals surface area (Å²) in [6, 6.07) is 2.75. The van der Waals surface area contributed by atoms with Gasteiger partial charge in [-0.3, -0.25) is 4.72 Å². The van der Waals surface area contributed by atoms with Crippen LogP contribution in [0.25, 0.3) is 0 Å². The predicted octanol–water partition coefficient (Wildman–Crippen LogP) is 1.57. The molecular weight excluding hydrogens is 321 g/mol. The Morgan fingerprint density at radius 2 is 2.10 bits per heavy atom. The van der Waals surface area contributed by atoms with Crippen molar-refractivity contribution in [3.05, 3.63) is 34.6 Å². The fourth-order valence-electron chi connectivity index (χ4n) is 1.50. The Morgan fingerprint density at radius 1 is 1.38 bits per heavy atom. The van der Waals surface area contributed by atoms with Crippen molar-refractivity contribution in [1.82, 2.24) is 10.2 Å². The molecule has 112 valence electrons. The monoisotopic (exact) mass is 331 g/mol. The number of hydrogen-bond donors (Lipinski definition) is 1. The molecule has 0 atom stereocenters. The summed E-state index contributed by atoms with van der Waals surface area (Å²) in [4.78, 5) is 11.1. The van der Waals surface area contributed by atoms with Gasteiger partial charge in [0.2, 0.25) is 5.13 Å². The highest BCUT2D eigenvalue weighted by Crippen LogP contribution is 2.23. The van der Waals surface area contributed by atoms with Crippen LogP contribution in [0.2, 0.25) is 0 Å². The number of aryl methyl sites for hydroxylation is 1. The van der Waals surface area contributed by atoms with Gasteiger partial charge in [-0.2, -0.15) is 0 Å². The topological polar surface area (TPSA) is 98.2 Å². The molecule has 7 nitrogen and oxygen atoms in total. The summed E-state index contributed by atoms with van der Waals surface area (Å²) in [6.07, 6.45) is 0. The van der Waals surface area contributed by atoms with Crippen LogP contribution in [0.5, 0.6) is 0 Å². The van der Waals surface area contributed by atoms with E-state index in [-0.39, 0.29) is 10.7 Å². The van der Waals surface area contributed by atoms with Crippen molar-refractivity contribution in [2.45, 2.75) is 11.8 Å². The number of carbonyl (C=O) groups is 1. The van der Waals surface area contributed by atoms with Crippen LogP contribution < -0.4 is 4.72 Å². The standard InChI is InChI=1S/C11H10FN3O4S2/c1-6-13-14-11(20-6)15-21(17,18)9-5-7(12)3-4-8(9)10(16)19-2/h3-5H,1-2H3,(H,14,15). The van der Waals surface area contributed by atoms with Gasteiger partial charge in [-0.05, 0) is 25.1 Å². The number of methoxy groups -OCH3 is 1. The maximum atomic E-state index is 13.3. The zero-order valence-corrected chi connectivity index (χ0v) is 12.6. The van der Waals surface area contributed by atoms with E-state index in [1.165, 1.54) is 0 Å². The number of aromatic nitrogens is 2. The number of benzene rings is 1. The van der Waals surface area contributed by atoms with Gasteiger partial charge in [0.1, 0.15) is 15.7 Å². The smallest absolute Gasteiger partial charge is 0.339 e. The molecule has 10 heteroatoms. The Morgan fingerprint density at radius 3 is 2.67 bits per heavy atom. The SMILES string of the molecule is COC(=O)c1ccc(F)cc1S(=O)(=O)Nc1nnc(C)s1. The molecule has 0 unspecified atom stereocenters. The van der Waals surface area contributed by atoms with Crippen LogP contribution in [-0.4, -0.2) is 31.7 Å². The largest absolute Gasteiger partial charge is 0.465 e. The van der Waals surface area contributed by atoms with E-state index in [0.717, 1.165) is 36.6 Å². The lowest BCUT2D eigenvalue weighted by Crippen LogP contribution is -2.18. The van der Waals surface area contributed by atoms with Crippen molar-refractivity contribution in [2.75, 3.05) is 11.8 Å². The van der Waals surface area contributed by atoms with Gasteiger partial charge in [0.15, 0.2) is 0 Å². The number of hydrogen-bond acceptors (Lipinski definition) is 7. The second-order valence-corrected chi connectivity index (χ2v) is 6.70. The molecule has 0 spiro atoms. The van der Waals surface area contributed by atoms with Gasteiger partial charge in [0.25, 0.3) is 10.0 Å². The van der Waals surface area contributed by atoms with Crippen LogP contribution in [0.3, 0.4) is 0 Å². The highest BCUT2D eigenvalue weighted by Gasteiger charge is 2.25. The third kappa shape index (κ3) is 3.34. The molecule has 0 saturated carbocycles. The van der Waals surface area contributed by atoms with Gasteiger partial charge in [-0.15, -0.1) is 10.2 Å². The van der Waals surface area contributed by atoms with E-state index in [2.05, 4.69) is 19.7 Å². The summed E-state index contributed by atoms with van der Waals surface area (Å²) in [6.45, 7) is 1.65. The molecule has 0 aliphatic heterocycles. The lowest BCUT2D eigenvalue weighted by molar-refractivity contribution is 0.0596. The number of ether oxygens (including phenoxy) is 1. The lowest BCUT2D eigenvalue weighted by atomic mass is 10.2. The number of nitrogens with one attached hydrogen (secondary N) is 1. The van der Waals surface area contributed by atoms with E-state index >= 15 is 0 Å². The van der Waals surface area contributed by atoms with Crippen molar-refractivity contribution in [1.29, 1.82) is 0 Å². The van der Waals surface area contributed by atoms with Gasteiger partial charge in [-0.25, -0.2) is 17.6 Å². The van der Waals surface area contributed by atoms with E-state index in [4.69, 9.17) is 0 Å². The fourth-order valence-corrected chi connectivity index (χ4v) is 3.53. The van der Waals surface area contributed by atoms with Crippen molar-refractivity contribution in [2.24, 2.45) is 0 Å². The number of halogens is 1. The Kier molecular flexibility index (Phi) is 4.19. The molecule has 21 heavy (non-hydrogen) atoms. The Bertz CT molecular complexity index is 789. The quantitative estimate of drug-likeness (QED) is 0.854.